The van der Waals surface area contributed by atoms with Crippen LogP contribution in [0.25, 0.3) is 0 Å². The van der Waals surface area contributed by atoms with Crippen LogP contribution in [0.15, 0.2) is 46.9 Å². The molecule has 0 aliphatic rings. The zero-order chi connectivity index (χ0) is 13.8. The van der Waals surface area contributed by atoms with Gasteiger partial charge >= 0.3 is 0 Å². The first kappa shape index (κ1) is 15.0. The fourth-order valence-electron chi connectivity index (χ4n) is 2.00. The highest BCUT2D eigenvalue weighted by atomic mass is 79.9. The predicted octanol–water partition coefficient (Wildman–Crippen LogP) is 5.96. The molecule has 0 radical (unpaired) electrons. The van der Waals surface area contributed by atoms with Crippen LogP contribution in [0, 0.1) is 5.82 Å². The summed E-state index contributed by atoms with van der Waals surface area (Å²) in [4.78, 5) is 0. The number of alkyl halides is 1. The summed E-state index contributed by atoms with van der Waals surface area (Å²) >= 11 is 12.9. The van der Waals surface area contributed by atoms with E-state index >= 15 is 0 Å². The lowest BCUT2D eigenvalue weighted by Crippen LogP contribution is -2.05. The number of halogens is 4. The van der Waals surface area contributed by atoms with E-state index in [0.29, 0.717) is 5.92 Å². The topological polar surface area (TPSA) is 0 Å². The first-order chi connectivity index (χ1) is 9.11. The maximum atomic E-state index is 13.2. The summed E-state index contributed by atoms with van der Waals surface area (Å²) in [5.74, 6) is -0.0567. The minimum absolute atomic E-state index is 0.179. The van der Waals surface area contributed by atoms with E-state index in [1.807, 2.05) is 18.2 Å². The molecule has 0 heterocycles. The molecule has 0 amide bonds. The fourth-order valence-corrected chi connectivity index (χ4v) is 3.39. The van der Waals surface area contributed by atoms with Crippen molar-refractivity contribution < 1.29 is 4.39 Å². The Labute approximate surface area is 134 Å². The Hall–Kier alpha value is -0.380. The Morgan fingerprint density at radius 2 is 1.89 bits per heavy atom. The average Bonchev–Trinajstić information content (AvgIpc) is 2.41. The number of rotatable bonds is 4. The van der Waals surface area contributed by atoms with Crippen molar-refractivity contribution in [1.29, 1.82) is 0 Å². The molecule has 2 aromatic carbocycles. The van der Waals surface area contributed by atoms with E-state index in [1.165, 1.54) is 11.6 Å². The molecule has 0 saturated carbocycles. The second kappa shape index (κ2) is 6.87. The minimum atomic E-state index is -0.373. The van der Waals surface area contributed by atoms with Crippen molar-refractivity contribution in [3.63, 3.8) is 0 Å². The third kappa shape index (κ3) is 3.80. The third-order valence-corrected chi connectivity index (χ3v) is 4.79. The van der Waals surface area contributed by atoms with Crippen molar-refractivity contribution in [2.24, 2.45) is 0 Å². The van der Waals surface area contributed by atoms with Gasteiger partial charge in [0, 0.05) is 9.80 Å². The van der Waals surface area contributed by atoms with E-state index in [9.17, 15) is 4.39 Å². The normalized spacial score (nSPS) is 12.4. The second-order valence-electron chi connectivity index (χ2n) is 4.33. The predicted molar refractivity (Wildman–Crippen MR) is 85.8 cm³/mol. The molecule has 0 aromatic heterocycles. The molecule has 0 aliphatic heterocycles. The number of hydrogen-bond donors (Lipinski definition) is 0. The van der Waals surface area contributed by atoms with Gasteiger partial charge in [0.05, 0.1) is 5.02 Å². The van der Waals surface area contributed by atoms with Gasteiger partial charge in [-0.2, -0.15) is 0 Å². The molecule has 2 aromatic rings. The third-order valence-electron chi connectivity index (χ3n) is 3.00. The highest BCUT2D eigenvalue weighted by Crippen LogP contribution is 2.30. The van der Waals surface area contributed by atoms with Crippen LogP contribution in [0.2, 0.25) is 5.02 Å². The molecular formula is C15H12Br2ClF. The lowest BCUT2D eigenvalue weighted by atomic mass is 9.94. The molecule has 0 bridgehead atoms. The van der Waals surface area contributed by atoms with E-state index in [2.05, 4.69) is 37.9 Å². The van der Waals surface area contributed by atoms with Crippen molar-refractivity contribution in [2.75, 3.05) is 5.33 Å². The molecule has 0 spiro atoms. The van der Waals surface area contributed by atoms with Gasteiger partial charge in [-0.15, -0.1) is 0 Å². The maximum absolute atomic E-state index is 13.2. The summed E-state index contributed by atoms with van der Waals surface area (Å²) in [6.07, 6.45) is 0.813. The van der Waals surface area contributed by atoms with Crippen LogP contribution in [-0.4, -0.2) is 5.33 Å². The van der Waals surface area contributed by atoms with Gasteiger partial charge in [0.25, 0.3) is 0 Å². The summed E-state index contributed by atoms with van der Waals surface area (Å²) in [6, 6.07) is 13.0. The SMILES string of the molecule is Fc1ccc(CC(CBr)c2ccccc2Br)cc1Cl. The molecular weight excluding hydrogens is 394 g/mol. The summed E-state index contributed by atoms with van der Waals surface area (Å²) in [5, 5.41) is 1.02. The Morgan fingerprint density at radius 1 is 1.16 bits per heavy atom. The molecule has 100 valence electrons. The second-order valence-corrected chi connectivity index (χ2v) is 6.23. The van der Waals surface area contributed by atoms with Crippen molar-refractivity contribution in [2.45, 2.75) is 12.3 Å². The van der Waals surface area contributed by atoms with Gasteiger partial charge in [0.15, 0.2) is 0 Å². The van der Waals surface area contributed by atoms with Crippen LogP contribution in [0.4, 0.5) is 4.39 Å². The zero-order valence-electron chi connectivity index (χ0n) is 10.0. The Kier molecular flexibility index (Phi) is 5.43. The summed E-state index contributed by atoms with van der Waals surface area (Å²) < 4.78 is 14.2. The lowest BCUT2D eigenvalue weighted by molar-refractivity contribution is 0.626. The molecule has 19 heavy (non-hydrogen) atoms. The molecule has 2 rings (SSSR count). The Bertz CT molecular complexity index is 572. The van der Waals surface area contributed by atoms with Gasteiger partial charge in [0.1, 0.15) is 5.82 Å². The molecule has 0 nitrogen and oxygen atoms in total. The lowest BCUT2D eigenvalue weighted by Gasteiger charge is -2.16. The maximum Gasteiger partial charge on any atom is 0.141 e. The van der Waals surface area contributed by atoms with Gasteiger partial charge in [0.2, 0.25) is 0 Å². The molecule has 0 saturated heterocycles. The van der Waals surface area contributed by atoms with Crippen molar-refractivity contribution in [3.8, 4) is 0 Å². The quantitative estimate of drug-likeness (QED) is 0.550. The highest BCUT2D eigenvalue weighted by Gasteiger charge is 2.14. The highest BCUT2D eigenvalue weighted by molar-refractivity contribution is 9.10. The monoisotopic (exact) mass is 404 g/mol. The first-order valence-electron chi connectivity index (χ1n) is 5.86. The van der Waals surface area contributed by atoms with Crippen LogP contribution in [0.3, 0.4) is 0 Å². The molecule has 0 aliphatic carbocycles. The van der Waals surface area contributed by atoms with Crippen LogP contribution >= 0.6 is 43.5 Å². The van der Waals surface area contributed by atoms with E-state index < -0.39 is 0 Å². The Balaban J connectivity index is 2.24. The van der Waals surface area contributed by atoms with E-state index in [4.69, 9.17) is 11.6 Å². The van der Waals surface area contributed by atoms with Crippen LogP contribution in [0.5, 0.6) is 0 Å². The van der Waals surface area contributed by atoms with Crippen molar-refractivity contribution in [1.82, 2.24) is 0 Å². The standard InChI is InChI=1S/C15H12Br2ClF/c16-9-11(12-3-1-2-4-13(12)17)7-10-5-6-15(19)14(18)8-10/h1-6,8,11H,7,9H2. The molecule has 1 unspecified atom stereocenters. The van der Waals surface area contributed by atoms with Crippen LogP contribution in [0.1, 0.15) is 17.0 Å². The average molecular weight is 407 g/mol. The van der Waals surface area contributed by atoms with Gasteiger partial charge in [-0.25, -0.2) is 4.39 Å². The summed E-state index contributed by atoms with van der Waals surface area (Å²) in [6.45, 7) is 0. The van der Waals surface area contributed by atoms with Crippen molar-refractivity contribution >= 4 is 43.5 Å². The van der Waals surface area contributed by atoms with Crippen molar-refractivity contribution in [3.05, 3.63) is 68.9 Å². The number of hydrogen-bond acceptors (Lipinski definition) is 0. The van der Waals surface area contributed by atoms with Gasteiger partial charge in [-0.05, 0) is 41.7 Å². The van der Waals surface area contributed by atoms with E-state index in [1.54, 1.807) is 12.1 Å². The van der Waals surface area contributed by atoms with Crippen LogP contribution < -0.4 is 0 Å². The largest absolute Gasteiger partial charge is 0.205 e. The molecule has 0 fully saturated rings. The molecule has 0 N–H and O–H groups in total. The molecule has 1 atom stereocenters. The number of benzene rings is 2. The Morgan fingerprint density at radius 3 is 2.53 bits per heavy atom. The summed E-state index contributed by atoms with van der Waals surface area (Å²) in [5.41, 5.74) is 2.27. The minimum Gasteiger partial charge on any atom is -0.205 e. The fraction of sp³-hybridized carbons (Fsp3) is 0.200. The summed E-state index contributed by atoms with van der Waals surface area (Å²) in [7, 11) is 0. The van der Waals surface area contributed by atoms with Crippen LogP contribution in [-0.2, 0) is 6.42 Å². The first-order valence-corrected chi connectivity index (χ1v) is 8.15. The molecule has 4 heteroatoms. The zero-order valence-corrected chi connectivity index (χ0v) is 14.0. The van der Waals surface area contributed by atoms with E-state index in [-0.39, 0.29) is 10.8 Å². The van der Waals surface area contributed by atoms with E-state index in [0.717, 1.165) is 21.8 Å². The van der Waals surface area contributed by atoms with Gasteiger partial charge in [-0.3, -0.25) is 0 Å². The van der Waals surface area contributed by atoms with Gasteiger partial charge in [-0.1, -0.05) is 67.7 Å². The smallest absolute Gasteiger partial charge is 0.141 e. The van der Waals surface area contributed by atoms with Gasteiger partial charge < -0.3 is 0 Å².